The van der Waals surface area contributed by atoms with Gasteiger partial charge in [-0.3, -0.25) is 4.79 Å². The topological polar surface area (TPSA) is 103 Å². The largest absolute Gasteiger partial charge is 0.347 e. The number of aryl methyl sites for hydroxylation is 1. The molecular weight excluding hydrogens is 308 g/mol. The summed E-state index contributed by atoms with van der Waals surface area (Å²) in [6.07, 6.45) is 3.45. The molecule has 2 aromatic heterocycles. The molecule has 24 heavy (non-hydrogen) atoms. The molecule has 1 atom stereocenters. The SMILES string of the molecule is O=C(NCc1nnc2n1CCC2)[C@H](c1ccccc1)n1cnnn1. The molecule has 0 spiro atoms. The van der Waals surface area contributed by atoms with Crippen molar-refractivity contribution in [3.8, 4) is 0 Å². The van der Waals surface area contributed by atoms with Gasteiger partial charge in [-0.25, -0.2) is 4.68 Å². The molecule has 0 saturated heterocycles. The molecule has 9 heteroatoms. The second-order valence-electron chi connectivity index (χ2n) is 5.61. The summed E-state index contributed by atoms with van der Waals surface area (Å²) in [5.74, 6) is 1.57. The molecule has 1 N–H and O–H groups in total. The fourth-order valence-electron chi connectivity index (χ4n) is 2.95. The van der Waals surface area contributed by atoms with Gasteiger partial charge >= 0.3 is 0 Å². The lowest BCUT2D eigenvalue weighted by Crippen LogP contribution is -2.34. The van der Waals surface area contributed by atoms with Crippen LogP contribution in [0.4, 0.5) is 0 Å². The van der Waals surface area contributed by atoms with E-state index in [4.69, 9.17) is 0 Å². The van der Waals surface area contributed by atoms with Crippen molar-refractivity contribution in [1.29, 1.82) is 0 Å². The van der Waals surface area contributed by atoms with Crippen molar-refractivity contribution in [3.05, 3.63) is 53.9 Å². The summed E-state index contributed by atoms with van der Waals surface area (Å²) < 4.78 is 3.51. The average Bonchev–Trinajstić information content (AvgIpc) is 3.33. The van der Waals surface area contributed by atoms with E-state index < -0.39 is 6.04 Å². The quantitative estimate of drug-likeness (QED) is 0.715. The number of nitrogens with one attached hydrogen (secondary N) is 1. The Bertz CT molecular complexity index is 827. The highest BCUT2D eigenvalue weighted by atomic mass is 16.2. The van der Waals surface area contributed by atoms with E-state index >= 15 is 0 Å². The molecule has 1 aliphatic heterocycles. The Morgan fingerprint density at radius 2 is 2.12 bits per heavy atom. The third kappa shape index (κ3) is 2.64. The second kappa shape index (κ2) is 6.19. The molecule has 0 unspecified atom stereocenters. The van der Waals surface area contributed by atoms with E-state index in [1.807, 2.05) is 30.3 Å². The summed E-state index contributed by atoms with van der Waals surface area (Å²) in [5, 5.41) is 22.4. The summed E-state index contributed by atoms with van der Waals surface area (Å²) in [5.41, 5.74) is 0.814. The van der Waals surface area contributed by atoms with Crippen molar-refractivity contribution < 1.29 is 4.79 Å². The lowest BCUT2D eigenvalue weighted by molar-refractivity contribution is -0.123. The number of carbonyl (C=O) groups excluding carboxylic acids is 1. The van der Waals surface area contributed by atoms with Crippen LogP contribution in [-0.2, 0) is 24.3 Å². The van der Waals surface area contributed by atoms with Gasteiger partial charge in [-0.1, -0.05) is 30.3 Å². The van der Waals surface area contributed by atoms with E-state index in [0.717, 1.165) is 36.6 Å². The lowest BCUT2D eigenvalue weighted by atomic mass is 10.1. The molecule has 0 fully saturated rings. The van der Waals surface area contributed by atoms with Crippen molar-refractivity contribution in [1.82, 2.24) is 40.3 Å². The molecule has 9 nitrogen and oxygen atoms in total. The van der Waals surface area contributed by atoms with Gasteiger partial charge in [0.15, 0.2) is 11.9 Å². The Hall–Kier alpha value is -3.10. The van der Waals surface area contributed by atoms with Crippen LogP contribution in [0.15, 0.2) is 36.7 Å². The van der Waals surface area contributed by atoms with Crippen LogP contribution in [0.1, 0.15) is 29.7 Å². The van der Waals surface area contributed by atoms with Crippen LogP contribution in [0.2, 0.25) is 0 Å². The summed E-state index contributed by atoms with van der Waals surface area (Å²) in [6, 6.07) is 8.79. The number of carbonyl (C=O) groups is 1. The van der Waals surface area contributed by atoms with Gasteiger partial charge in [-0.05, 0) is 22.4 Å². The van der Waals surface area contributed by atoms with Crippen molar-refractivity contribution >= 4 is 5.91 Å². The van der Waals surface area contributed by atoms with Gasteiger partial charge in [0.05, 0.1) is 6.54 Å². The highest BCUT2D eigenvalue weighted by Gasteiger charge is 2.25. The van der Waals surface area contributed by atoms with E-state index in [2.05, 4.69) is 35.6 Å². The van der Waals surface area contributed by atoms with Gasteiger partial charge in [0.25, 0.3) is 0 Å². The molecule has 0 saturated carbocycles. The van der Waals surface area contributed by atoms with Gasteiger partial charge in [-0.2, -0.15) is 0 Å². The normalized spacial score (nSPS) is 14.3. The first-order valence-corrected chi connectivity index (χ1v) is 7.79. The first-order chi connectivity index (χ1) is 11.8. The highest BCUT2D eigenvalue weighted by molar-refractivity contribution is 5.83. The zero-order valence-corrected chi connectivity index (χ0v) is 12.9. The van der Waals surface area contributed by atoms with Crippen LogP contribution in [-0.4, -0.2) is 40.9 Å². The summed E-state index contributed by atoms with van der Waals surface area (Å²) >= 11 is 0. The number of hydrogen-bond acceptors (Lipinski definition) is 6. The number of benzene rings is 1. The Morgan fingerprint density at radius 3 is 2.92 bits per heavy atom. The maximum atomic E-state index is 12.8. The summed E-state index contributed by atoms with van der Waals surface area (Å²) in [4.78, 5) is 12.8. The smallest absolute Gasteiger partial charge is 0.249 e. The third-order valence-electron chi connectivity index (χ3n) is 4.10. The average molecular weight is 324 g/mol. The predicted octanol–water partition coefficient (Wildman–Crippen LogP) is 0.117. The van der Waals surface area contributed by atoms with Gasteiger partial charge < -0.3 is 9.88 Å². The minimum atomic E-state index is -0.623. The molecule has 3 heterocycles. The van der Waals surface area contributed by atoms with Gasteiger partial charge in [0, 0.05) is 13.0 Å². The van der Waals surface area contributed by atoms with Crippen LogP contribution < -0.4 is 5.32 Å². The van der Waals surface area contributed by atoms with E-state index in [9.17, 15) is 4.79 Å². The zero-order chi connectivity index (χ0) is 16.4. The fourth-order valence-corrected chi connectivity index (χ4v) is 2.95. The number of rotatable bonds is 5. The van der Waals surface area contributed by atoms with Crippen LogP contribution in [0.5, 0.6) is 0 Å². The van der Waals surface area contributed by atoms with Crippen molar-refractivity contribution in [2.75, 3.05) is 0 Å². The number of fused-ring (bicyclic) bond motifs is 1. The van der Waals surface area contributed by atoms with Crippen molar-refractivity contribution in [3.63, 3.8) is 0 Å². The molecule has 122 valence electrons. The third-order valence-corrected chi connectivity index (χ3v) is 4.10. The Labute approximate surface area is 137 Å². The first kappa shape index (κ1) is 14.5. The van der Waals surface area contributed by atoms with E-state index in [-0.39, 0.29) is 5.91 Å². The molecule has 0 bridgehead atoms. The molecule has 0 aliphatic carbocycles. The lowest BCUT2D eigenvalue weighted by Gasteiger charge is -2.16. The Kier molecular flexibility index (Phi) is 3.73. The van der Waals surface area contributed by atoms with Crippen molar-refractivity contribution in [2.24, 2.45) is 0 Å². The number of nitrogens with zero attached hydrogens (tertiary/aromatic N) is 7. The summed E-state index contributed by atoms with van der Waals surface area (Å²) in [6.45, 7) is 1.24. The zero-order valence-electron chi connectivity index (χ0n) is 12.9. The van der Waals surface area contributed by atoms with E-state index in [1.165, 1.54) is 11.0 Å². The summed E-state index contributed by atoms with van der Waals surface area (Å²) in [7, 11) is 0. The molecule has 3 aromatic rings. The number of aromatic nitrogens is 7. The number of hydrogen-bond donors (Lipinski definition) is 1. The first-order valence-electron chi connectivity index (χ1n) is 7.79. The number of tetrazole rings is 1. The van der Waals surface area contributed by atoms with Gasteiger partial charge in [-0.15, -0.1) is 15.3 Å². The van der Waals surface area contributed by atoms with Crippen molar-refractivity contribution in [2.45, 2.75) is 32.0 Å². The number of amides is 1. The molecule has 1 aliphatic rings. The van der Waals surface area contributed by atoms with E-state index in [1.54, 1.807) is 0 Å². The van der Waals surface area contributed by atoms with Crippen LogP contribution in [0.25, 0.3) is 0 Å². The van der Waals surface area contributed by atoms with E-state index in [0.29, 0.717) is 6.54 Å². The molecule has 1 aromatic carbocycles. The highest BCUT2D eigenvalue weighted by Crippen LogP contribution is 2.18. The van der Waals surface area contributed by atoms with Gasteiger partial charge in [0.2, 0.25) is 5.91 Å². The molecule has 0 radical (unpaired) electrons. The fraction of sp³-hybridized carbons (Fsp3) is 0.333. The minimum Gasteiger partial charge on any atom is -0.347 e. The minimum absolute atomic E-state index is 0.191. The van der Waals surface area contributed by atoms with Gasteiger partial charge in [0.1, 0.15) is 12.2 Å². The Balaban J connectivity index is 1.54. The predicted molar refractivity (Wildman–Crippen MR) is 82.6 cm³/mol. The Morgan fingerprint density at radius 1 is 1.25 bits per heavy atom. The molecular formula is C15H16N8O. The molecule has 4 rings (SSSR count). The van der Waals surface area contributed by atoms with Crippen LogP contribution in [0, 0.1) is 0 Å². The monoisotopic (exact) mass is 324 g/mol. The maximum absolute atomic E-state index is 12.8. The van der Waals surface area contributed by atoms with Crippen LogP contribution >= 0.6 is 0 Å². The standard InChI is InChI=1S/C15H16N8O/c24-15(16-9-13-19-18-12-7-4-8-22(12)13)14(23-10-17-20-21-23)11-5-2-1-3-6-11/h1-3,5-6,10,14H,4,7-9H2,(H,16,24)/t14-/m0/s1. The van der Waals surface area contributed by atoms with Crippen LogP contribution in [0.3, 0.4) is 0 Å². The maximum Gasteiger partial charge on any atom is 0.249 e. The second-order valence-corrected chi connectivity index (χ2v) is 5.61. The molecule has 1 amide bonds.